The largest absolute Gasteiger partial charge is 0.385 e. The SMILES string of the molecule is CNc1nc(N)nc2c1ncn2[C@](C)(F)[C@H](O)C(COP=O)OC. The molecule has 0 saturated heterocycles. The van der Waals surface area contributed by atoms with Crippen LogP contribution in [0.1, 0.15) is 6.92 Å². The number of nitrogens with zero attached hydrogens (tertiary/aromatic N) is 4. The van der Waals surface area contributed by atoms with Crippen LogP contribution in [0.2, 0.25) is 0 Å². The maximum atomic E-state index is 15.3. The third kappa shape index (κ3) is 3.29. The van der Waals surface area contributed by atoms with E-state index in [9.17, 15) is 9.67 Å². The Hall–Kier alpha value is -1.94. The van der Waals surface area contributed by atoms with Crippen molar-refractivity contribution in [2.45, 2.75) is 24.9 Å². The zero-order chi connectivity index (χ0) is 17.9. The molecule has 2 aromatic heterocycles. The van der Waals surface area contributed by atoms with E-state index in [1.807, 2.05) is 0 Å². The Morgan fingerprint density at radius 3 is 2.88 bits per heavy atom. The standard InChI is InChI=1S/C12H18FN6O4P/c1-12(13,8(20)6(22-3)4-23-24-21)19-5-16-7-9(15-2)17-11(14)18-10(7)19/h5-6,8,20H,4H2,1-3H3,(H3,14,15,17,18)/t6?,8-,12+/m1/s1. The molecule has 0 bridgehead atoms. The molecule has 4 N–H and O–H groups in total. The Morgan fingerprint density at radius 1 is 1.58 bits per heavy atom. The molecule has 12 heteroatoms. The second kappa shape index (κ2) is 7.31. The first-order valence-corrected chi connectivity index (χ1v) is 7.63. The van der Waals surface area contributed by atoms with E-state index in [1.54, 1.807) is 7.05 Å². The van der Waals surface area contributed by atoms with Gasteiger partial charge >= 0.3 is 8.69 Å². The van der Waals surface area contributed by atoms with Gasteiger partial charge in [0.25, 0.3) is 0 Å². The van der Waals surface area contributed by atoms with Crippen molar-refractivity contribution in [2.75, 3.05) is 31.8 Å². The summed E-state index contributed by atoms with van der Waals surface area (Å²) < 4.78 is 36.4. The lowest BCUT2D eigenvalue weighted by atomic mass is 10.0. The Kier molecular flexibility index (Phi) is 5.60. The van der Waals surface area contributed by atoms with Crippen LogP contribution in [0.25, 0.3) is 11.2 Å². The highest BCUT2D eigenvalue weighted by atomic mass is 31.1. The summed E-state index contributed by atoms with van der Waals surface area (Å²) >= 11 is 0. The van der Waals surface area contributed by atoms with Crippen molar-refractivity contribution in [3.05, 3.63) is 6.33 Å². The summed E-state index contributed by atoms with van der Waals surface area (Å²) in [6.07, 6.45) is -1.54. The molecule has 0 amide bonds. The number of imidazole rings is 1. The van der Waals surface area contributed by atoms with Crippen LogP contribution in [-0.2, 0) is 19.6 Å². The van der Waals surface area contributed by atoms with Crippen LogP contribution in [0.3, 0.4) is 0 Å². The Morgan fingerprint density at radius 2 is 2.29 bits per heavy atom. The minimum absolute atomic E-state index is 0.0735. The molecule has 0 aliphatic carbocycles. The van der Waals surface area contributed by atoms with Crippen molar-refractivity contribution < 1.29 is 23.3 Å². The molecule has 2 heterocycles. The Bertz CT molecular complexity index is 727. The zero-order valence-corrected chi connectivity index (χ0v) is 14.2. The maximum Gasteiger partial charge on any atom is 0.327 e. The van der Waals surface area contributed by atoms with Crippen LogP contribution >= 0.6 is 8.69 Å². The molecule has 0 aliphatic heterocycles. The highest BCUT2D eigenvalue weighted by Crippen LogP contribution is 2.31. The molecule has 0 aliphatic rings. The lowest BCUT2D eigenvalue weighted by molar-refractivity contribution is -0.132. The lowest BCUT2D eigenvalue weighted by Crippen LogP contribution is -2.47. The summed E-state index contributed by atoms with van der Waals surface area (Å²) in [7, 11) is 2.30. The molecule has 0 radical (unpaired) electrons. The van der Waals surface area contributed by atoms with E-state index in [1.165, 1.54) is 13.4 Å². The van der Waals surface area contributed by atoms with Crippen molar-refractivity contribution in [2.24, 2.45) is 0 Å². The number of aliphatic hydroxyl groups excluding tert-OH is 1. The van der Waals surface area contributed by atoms with E-state index < -0.39 is 26.7 Å². The van der Waals surface area contributed by atoms with Gasteiger partial charge in [-0.3, -0.25) is 9.09 Å². The highest BCUT2D eigenvalue weighted by molar-refractivity contribution is 7.17. The fourth-order valence-electron chi connectivity index (χ4n) is 2.28. The molecule has 2 aromatic rings. The number of ether oxygens (including phenoxy) is 1. The molecule has 24 heavy (non-hydrogen) atoms. The number of rotatable bonds is 8. The summed E-state index contributed by atoms with van der Waals surface area (Å²) in [6.45, 7) is 0.866. The second-order valence-corrected chi connectivity index (χ2v) is 5.49. The van der Waals surface area contributed by atoms with Gasteiger partial charge in [0.2, 0.25) is 11.7 Å². The van der Waals surface area contributed by atoms with E-state index >= 15 is 4.39 Å². The average molecular weight is 360 g/mol. The van der Waals surface area contributed by atoms with Gasteiger partial charge in [0.15, 0.2) is 17.0 Å². The van der Waals surface area contributed by atoms with Gasteiger partial charge in [-0.1, -0.05) is 0 Å². The van der Waals surface area contributed by atoms with E-state index in [4.69, 9.17) is 10.5 Å². The van der Waals surface area contributed by atoms with Crippen LogP contribution in [0.5, 0.6) is 0 Å². The quantitative estimate of drug-likeness (QED) is 0.581. The molecular formula is C12H18FN6O4P. The number of methoxy groups -OCH3 is 1. The Balaban J connectivity index is 2.46. The number of alkyl halides is 1. The number of nitrogen functional groups attached to an aromatic ring is 1. The number of nitrogens with one attached hydrogen (secondary N) is 1. The van der Waals surface area contributed by atoms with Gasteiger partial charge in [-0.25, -0.2) is 13.9 Å². The number of hydrogen-bond acceptors (Lipinski definition) is 9. The molecule has 1 unspecified atom stereocenters. The van der Waals surface area contributed by atoms with Crippen molar-refractivity contribution in [3.63, 3.8) is 0 Å². The smallest absolute Gasteiger partial charge is 0.327 e. The molecule has 0 spiro atoms. The number of anilines is 2. The molecule has 3 atom stereocenters. The number of nitrogens with two attached hydrogens (primary N) is 1. The zero-order valence-electron chi connectivity index (χ0n) is 13.3. The summed E-state index contributed by atoms with van der Waals surface area (Å²) in [6, 6.07) is 0. The number of hydrogen-bond donors (Lipinski definition) is 3. The van der Waals surface area contributed by atoms with Gasteiger partial charge in [-0.15, -0.1) is 0 Å². The van der Waals surface area contributed by atoms with Gasteiger partial charge < -0.3 is 20.9 Å². The van der Waals surface area contributed by atoms with Gasteiger partial charge in [0.05, 0.1) is 12.9 Å². The number of halogens is 1. The minimum atomic E-state index is -2.36. The normalized spacial score (nSPS) is 16.9. The van der Waals surface area contributed by atoms with Crippen LogP contribution in [-0.4, -0.2) is 57.6 Å². The van der Waals surface area contributed by atoms with Crippen molar-refractivity contribution >= 4 is 31.6 Å². The summed E-state index contributed by atoms with van der Waals surface area (Å²) in [5.74, 6) is -2.10. The van der Waals surface area contributed by atoms with E-state index in [2.05, 4.69) is 24.8 Å². The summed E-state index contributed by atoms with van der Waals surface area (Å²) in [5.41, 5.74) is 6.03. The van der Waals surface area contributed by atoms with Crippen LogP contribution < -0.4 is 11.1 Å². The first kappa shape index (κ1) is 18.4. The number of fused-ring (bicyclic) bond motifs is 1. The van der Waals surface area contributed by atoms with Crippen LogP contribution in [0.4, 0.5) is 16.2 Å². The lowest BCUT2D eigenvalue weighted by Gasteiger charge is -2.32. The van der Waals surface area contributed by atoms with Gasteiger partial charge in [-0.2, -0.15) is 9.97 Å². The first-order valence-electron chi connectivity index (χ1n) is 6.90. The summed E-state index contributed by atoms with van der Waals surface area (Å²) in [5, 5.41) is 13.2. The average Bonchev–Trinajstić information content (AvgIpc) is 2.98. The fraction of sp³-hybridized carbons (Fsp3) is 0.583. The van der Waals surface area contributed by atoms with Crippen molar-refractivity contribution in [1.82, 2.24) is 19.5 Å². The molecular weight excluding hydrogens is 342 g/mol. The molecule has 0 saturated carbocycles. The highest BCUT2D eigenvalue weighted by Gasteiger charge is 2.42. The van der Waals surface area contributed by atoms with Gasteiger partial charge in [0, 0.05) is 14.2 Å². The predicted molar refractivity (Wildman–Crippen MR) is 84.4 cm³/mol. The topological polar surface area (TPSA) is 137 Å². The van der Waals surface area contributed by atoms with E-state index in [-0.39, 0.29) is 18.2 Å². The third-order valence-corrected chi connectivity index (χ3v) is 3.86. The number of aromatic nitrogens is 4. The first-order chi connectivity index (χ1) is 11.4. The Labute approximate surface area is 138 Å². The minimum Gasteiger partial charge on any atom is -0.385 e. The third-order valence-electron chi connectivity index (χ3n) is 3.61. The molecule has 0 aromatic carbocycles. The summed E-state index contributed by atoms with van der Waals surface area (Å²) in [4.78, 5) is 12.0. The number of aliphatic hydroxyl groups is 1. The van der Waals surface area contributed by atoms with Gasteiger partial charge in [-0.05, 0) is 6.92 Å². The molecule has 10 nitrogen and oxygen atoms in total. The molecule has 0 fully saturated rings. The van der Waals surface area contributed by atoms with Crippen molar-refractivity contribution in [1.29, 1.82) is 0 Å². The second-order valence-electron chi connectivity index (χ2n) is 5.08. The maximum absolute atomic E-state index is 15.3. The van der Waals surface area contributed by atoms with Crippen LogP contribution in [0, 0.1) is 0 Å². The van der Waals surface area contributed by atoms with Gasteiger partial charge in [0.1, 0.15) is 12.2 Å². The molecule has 132 valence electrons. The van der Waals surface area contributed by atoms with E-state index in [0.717, 1.165) is 11.5 Å². The van der Waals surface area contributed by atoms with E-state index in [0.29, 0.717) is 11.3 Å². The predicted octanol–water partition coefficient (Wildman–Crippen LogP) is 0.692. The monoisotopic (exact) mass is 360 g/mol. The van der Waals surface area contributed by atoms with Crippen LogP contribution in [0.15, 0.2) is 6.33 Å². The fourth-order valence-corrected chi connectivity index (χ4v) is 2.49. The molecule has 2 rings (SSSR count). The van der Waals surface area contributed by atoms with Crippen molar-refractivity contribution in [3.8, 4) is 0 Å².